The standard InChI is InChI=1S/C16H13Br/c1-11-10-15(17)16(12-6-3-2-4-7-12)14-9-5-8-13(11)14/h2-8,10H,9H2,1H3. The van der Waals surface area contributed by atoms with E-state index in [0.717, 1.165) is 6.42 Å². The Balaban J connectivity index is 2.29. The Morgan fingerprint density at radius 1 is 1.12 bits per heavy atom. The van der Waals surface area contributed by atoms with E-state index in [0.29, 0.717) is 0 Å². The van der Waals surface area contributed by atoms with E-state index in [-0.39, 0.29) is 0 Å². The summed E-state index contributed by atoms with van der Waals surface area (Å²) in [4.78, 5) is 0. The number of allylic oxidation sites excluding steroid dienone is 1. The minimum atomic E-state index is 1.04. The normalized spacial score (nSPS) is 12.8. The molecule has 2 aromatic carbocycles. The molecular weight excluding hydrogens is 272 g/mol. The number of hydrogen-bond acceptors (Lipinski definition) is 0. The highest BCUT2D eigenvalue weighted by Gasteiger charge is 2.16. The Labute approximate surface area is 110 Å². The zero-order chi connectivity index (χ0) is 11.8. The van der Waals surface area contributed by atoms with E-state index in [9.17, 15) is 0 Å². The lowest BCUT2D eigenvalue weighted by atomic mass is 9.94. The third-order valence-corrected chi connectivity index (χ3v) is 3.93. The summed E-state index contributed by atoms with van der Waals surface area (Å²) in [5.41, 5.74) is 6.82. The van der Waals surface area contributed by atoms with Crippen molar-refractivity contribution in [2.24, 2.45) is 0 Å². The molecule has 0 aliphatic heterocycles. The Bertz CT molecular complexity index is 595. The first kappa shape index (κ1) is 10.8. The number of halogens is 1. The second-order valence-corrected chi connectivity index (χ2v) is 5.27. The van der Waals surface area contributed by atoms with Crippen LogP contribution in [0.3, 0.4) is 0 Å². The zero-order valence-corrected chi connectivity index (χ0v) is 11.3. The predicted octanol–water partition coefficient (Wildman–Crippen LogP) is 4.99. The number of fused-ring (bicyclic) bond motifs is 1. The Hall–Kier alpha value is -1.34. The van der Waals surface area contributed by atoms with E-state index < -0.39 is 0 Å². The monoisotopic (exact) mass is 284 g/mol. The molecule has 0 N–H and O–H groups in total. The third kappa shape index (κ3) is 1.75. The molecule has 0 aromatic heterocycles. The van der Waals surface area contributed by atoms with Crippen molar-refractivity contribution in [2.45, 2.75) is 13.3 Å². The van der Waals surface area contributed by atoms with Gasteiger partial charge in [-0.1, -0.05) is 58.4 Å². The first-order valence-corrected chi connectivity index (χ1v) is 6.60. The van der Waals surface area contributed by atoms with Crippen LogP contribution in [0.25, 0.3) is 17.2 Å². The maximum Gasteiger partial charge on any atom is 0.0259 e. The molecule has 0 radical (unpaired) electrons. The van der Waals surface area contributed by atoms with Gasteiger partial charge in [-0.25, -0.2) is 0 Å². The predicted molar refractivity (Wildman–Crippen MR) is 77.1 cm³/mol. The van der Waals surface area contributed by atoms with E-state index in [2.05, 4.69) is 71.4 Å². The van der Waals surface area contributed by atoms with Crippen molar-refractivity contribution in [1.82, 2.24) is 0 Å². The molecule has 0 saturated heterocycles. The molecule has 0 spiro atoms. The molecule has 17 heavy (non-hydrogen) atoms. The second kappa shape index (κ2) is 4.15. The molecule has 84 valence electrons. The van der Waals surface area contributed by atoms with Crippen LogP contribution in [0.2, 0.25) is 0 Å². The van der Waals surface area contributed by atoms with E-state index in [1.807, 2.05) is 0 Å². The van der Waals surface area contributed by atoms with Crippen LogP contribution in [0.4, 0.5) is 0 Å². The van der Waals surface area contributed by atoms with Gasteiger partial charge in [-0.2, -0.15) is 0 Å². The lowest BCUT2D eigenvalue weighted by molar-refractivity contribution is 1.27. The van der Waals surface area contributed by atoms with Crippen LogP contribution in [-0.4, -0.2) is 0 Å². The minimum Gasteiger partial charge on any atom is -0.0795 e. The molecule has 0 nitrogen and oxygen atoms in total. The molecule has 1 aliphatic rings. The SMILES string of the molecule is Cc1cc(Br)c(-c2ccccc2)c2c1C=CC2. The van der Waals surface area contributed by atoms with Crippen LogP contribution < -0.4 is 0 Å². The Morgan fingerprint density at radius 2 is 1.88 bits per heavy atom. The summed E-state index contributed by atoms with van der Waals surface area (Å²) in [6.07, 6.45) is 5.53. The Kier molecular flexibility index (Phi) is 2.64. The minimum absolute atomic E-state index is 1.04. The van der Waals surface area contributed by atoms with Crippen molar-refractivity contribution < 1.29 is 0 Å². The van der Waals surface area contributed by atoms with Crippen molar-refractivity contribution >= 4 is 22.0 Å². The lowest BCUT2D eigenvalue weighted by Gasteiger charge is -2.13. The molecule has 0 bridgehead atoms. The van der Waals surface area contributed by atoms with Gasteiger partial charge in [-0.15, -0.1) is 0 Å². The van der Waals surface area contributed by atoms with Crippen LogP contribution in [0, 0.1) is 6.92 Å². The smallest absolute Gasteiger partial charge is 0.0259 e. The number of hydrogen-bond donors (Lipinski definition) is 0. The summed E-state index contributed by atoms with van der Waals surface area (Å²) in [6, 6.07) is 12.8. The van der Waals surface area contributed by atoms with Gasteiger partial charge in [-0.05, 0) is 47.2 Å². The van der Waals surface area contributed by atoms with Crippen molar-refractivity contribution in [3.05, 3.63) is 63.6 Å². The van der Waals surface area contributed by atoms with Crippen molar-refractivity contribution in [2.75, 3.05) is 0 Å². The molecule has 1 aliphatic carbocycles. The van der Waals surface area contributed by atoms with E-state index in [4.69, 9.17) is 0 Å². The van der Waals surface area contributed by atoms with E-state index >= 15 is 0 Å². The topological polar surface area (TPSA) is 0 Å². The number of benzene rings is 2. The first-order chi connectivity index (χ1) is 8.27. The zero-order valence-electron chi connectivity index (χ0n) is 9.70. The largest absolute Gasteiger partial charge is 0.0795 e. The lowest BCUT2D eigenvalue weighted by Crippen LogP contribution is -1.93. The molecule has 0 unspecified atom stereocenters. The van der Waals surface area contributed by atoms with Gasteiger partial charge in [0.1, 0.15) is 0 Å². The van der Waals surface area contributed by atoms with Gasteiger partial charge in [-0.3, -0.25) is 0 Å². The molecule has 0 heterocycles. The summed E-state index contributed by atoms with van der Waals surface area (Å²) >= 11 is 3.71. The van der Waals surface area contributed by atoms with Crippen LogP contribution in [0.15, 0.2) is 46.9 Å². The average molecular weight is 285 g/mol. The van der Waals surface area contributed by atoms with Crippen molar-refractivity contribution in [3.63, 3.8) is 0 Å². The summed E-state index contributed by atoms with van der Waals surface area (Å²) in [7, 11) is 0. The maximum absolute atomic E-state index is 3.71. The van der Waals surface area contributed by atoms with Crippen LogP contribution >= 0.6 is 15.9 Å². The molecule has 0 fully saturated rings. The summed E-state index contributed by atoms with van der Waals surface area (Å²) in [6.45, 7) is 2.17. The quantitative estimate of drug-likeness (QED) is 0.692. The number of rotatable bonds is 1. The molecule has 2 aromatic rings. The third-order valence-electron chi connectivity index (χ3n) is 3.30. The summed E-state index contributed by atoms with van der Waals surface area (Å²) in [5.74, 6) is 0. The highest BCUT2D eigenvalue weighted by molar-refractivity contribution is 9.10. The van der Waals surface area contributed by atoms with Gasteiger partial charge >= 0.3 is 0 Å². The van der Waals surface area contributed by atoms with Crippen LogP contribution in [0.1, 0.15) is 16.7 Å². The van der Waals surface area contributed by atoms with Crippen LogP contribution in [-0.2, 0) is 6.42 Å². The van der Waals surface area contributed by atoms with Crippen molar-refractivity contribution in [1.29, 1.82) is 0 Å². The fraction of sp³-hybridized carbons (Fsp3) is 0.125. The van der Waals surface area contributed by atoms with E-state index in [1.54, 1.807) is 0 Å². The molecule has 0 saturated carbocycles. The second-order valence-electron chi connectivity index (χ2n) is 4.42. The molecule has 3 rings (SSSR count). The Morgan fingerprint density at radius 3 is 2.65 bits per heavy atom. The van der Waals surface area contributed by atoms with Gasteiger partial charge in [0, 0.05) is 4.47 Å². The van der Waals surface area contributed by atoms with Gasteiger partial charge in [0.05, 0.1) is 0 Å². The summed E-state index contributed by atoms with van der Waals surface area (Å²) in [5, 5.41) is 0. The molecule has 1 heteroatoms. The average Bonchev–Trinajstić information content (AvgIpc) is 2.79. The maximum atomic E-state index is 3.71. The molecule has 0 atom stereocenters. The number of aryl methyl sites for hydroxylation is 1. The van der Waals surface area contributed by atoms with Gasteiger partial charge < -0.3 is 0 Å². The van der Waals surface area contributed by atoms with E-state index in [1.165, 1.54) is 32.3 Å². The van der Waals surface area contributed by atoms with Crippen LogP contribution in [0.5, 0.6) is 0 Å². The fourth-order valence-electron chi connectivity index (χ4n) is 2.51. The highest BCUT2D eigenvalue weighted by Crippen LogP contribution is 2.38. The highest BCUT2D eigenvalue weighted by atomic mass is 79.9. The van der Waals surface area contributed by atoms with Crippen molar-refractivity contribution in [3.8, 4) is 11.1 Å². The summed E-state index contributed by atoms with van der Waals surface area (Å²) < 4.78 is 1.20. The van der Waals surface area contributed by atoms with Gasteiger partial charge in [0.15, 0.2) is 0 Å². The fourth-order valence-corrected chi connectivity index (χ4v) is 3.32. The molecule has 0 amide bonds. The van der Waals surface area contributed by atoms with Gasteiger partial charge in [0.25, 0.3) is 0 Å². The molecular formula is C16H13Br. The van der Waals surface area contributed by atoms with Gasteiger partial charge in [0.2, 0.25) is 0 Å². The first-order valence-electron chi connectivity index (χ1n) is 5.81.